The van der Waals surface area contributed by atoms with Crippen molar-refractivity contribution in [2.45, 2.75) is 33.2 Å². The maximum atomic E-state index is 11.2. The molecular weight excluding hydrogens is 172 g/mol. The largest absolute Gasteiger partial charge is 0.391 e. The van der Waals surface area contributed by atoms with E-state index in [1.165, 1.54) is 0 Å². The highest BCUT2D eigenvalue weighted by atomic mass is 32.1. The zero-order valence-corrected chi connectivity index (χ0v) is 8.79. The number of nitrogens with two attached hydrogens (primary N) is 1. The lowest BCUT2D eigenvalue weighted by Crippen LogP contribution is -2.53. The van der Waals surface area contributed by atoms with Gasteiger partial charge < -0.3 is 11.1 Å². The van der Waals surface area contributed by atoms with Crippen LogP contribution < -0.4 is 11.1 Å². The molecule has 3 N–H and O–H groups in total. The lowest BCUT2D eigenvalue weighted by molar-refractivity contribution is -0.124. The maximum Gasteiger partial charge on any atom is 0.223 e. The summed E-state index contributed by atoms with van der Waals surface area (Å²) in [6, 6.07) is 0. The van der Waals surface area contributed by atoms with E-state index >= 15 is 0 Å². The molecule has 0 aliphatic heterocycles. The fourth-order valence-electron chi connectivity index (χ4n) is 0.514. The average Bonchev–Trinajstić information content (AvgIpc) is 1.85. The van der Waals surface area contributed by atoms with Crippen LogP contribution in [0.3, 0.4) is 0 Å². The zero-order chi connectivity index (χ0) is 9.94. The molecule has 0 heterocycles. The molecule has 0 saturated carbocycles. The van der Waals surface area contributed by atoms with Crippen LogP contribution in [0.25, 0.3) is 0 Å². The Hall–Kier alpha value is -0.640. The molecule has 0 aromatic heterocycles. The molecule has 0 spiro atoms. The summed E-state index contributed by atoms with van der Waals surface area (Å²) in [6.07, 6.45) is 0. The molecule has 0 atom stereocenters. The van der Waals surface area contributed by atoms with Gasteiger partial charge in [-0.25, -0.2) is 0 Å². The van der Waals surface area contributed by atoms with Gasteiger partial charge in [0, 0.05) is 5.92 Å². The predicted octanol–water partition coefficient (Wildman–Crippen LogP) is 0.823. The number of nitrogens with one attached hydrogen (secondary N) is 1. The lowest BCUT2D eigenvalue weighted by atomic mass is 10.0. The van der Waals surface area contributed by atoms with Crippen molar-refractivity contribution in [2.75, 3.05) is 0 Å². The molecule has 0 aliphatic rings. The van der Waals surface area contributed by atoms with E-state index < -0.39 is 5.54 Å². The van der Waals surface area contributed by atoms with Gasteiger partial charge in [-0.2, -0.15) is 0 Å². The van der Waals surface area contributed by atoms with Crippen molar-refractivity contribution in [1.82, 2.24) is 5.32 Å². The fourth-order valence-corrected chi connectivity index (χ4v) is 0.565. The summed E-state index contributed by atoms with van der Waals surface area (Å²) in [7, 11) is 0. The summed E-state index contributed by atoms with van der Waals surface area (Å²) in [5.74, 6) is -0.0774. The van der Waals surface area contributed by atoms with Crippen LogP contribution >= 0.6 is 12.2 Å². The van der Waals surface area contributed by atoms with Crippen LogP contribution in [0.5, 0.6) is 0 Å². The van der Waals surface area contributed by atoms with Crippen LogP contribution in [-0.2, 0) is 4.79 Å². The van der Waals surface area contributed by atoms with Crippen molar-refractivity contribution in [3.8, 4) is 0 Å². The van der Waals surface area contributed by atoms with Crippen molar-refractivity contribution in [1.29, 1.82) is 0 Å². The average molecular weight is 188 g/mol. The third kappa shape index (κ3) is 3.17. The molecule has 3 nitrogen and oxygen atoms in total. The van der Waals surface area contributed by atoms with Crippen molar-refractivity contribution in [3.63, 3.8) is 0 Å². The first-order chi connectivity index (χ1) is 5.27. The number of rotatable bonds is 3. The quantitative estimate of drug-likeness (QED) is 0.645. The fraction of sp³-hybridized carbons (Fsp3) is 0.750. The third-order valence-corrected chi connectivity index (χ3v) is 2.09. The first kappa shape index (κ1) is 11.4. The Bertz CT molecular complexity index is 199. The second-order valence-corrected chi connectivity index (χ2v) is 4.07. The smallest absolute Gasteiger partial charge is 0.223 e. The number of hydrogen-bond acceptors (Lipinski definition) is 2. The van der Waals surface area contributed by atoms with Gasteiger partial charge in [0.15, 0.2) is 0 Å². The number of amides is 1. The second kappa shape index (κ2) is 3.85. The molecular formula is C8H16N2OS. The van der Waals surface area contributed by atoms with Crippen LogP contribution in [0.4, 0.5) is 0 Å². The molecule has 0 aromatic carbocycles. The predicted molar refractivity (Wildman–Crippen MR) is 53.8 cm³/mol. The van der Waals surface area contributed by atoms with E-state index in [2.05, 4.69) is 5.32 Å². The zero-order valence-electron chi connectivity index (χ0n) is 7.97. The Balaban J connectivity index is 4.25. The van der Waals surface area contributed by atoms with Gasteiger partial charge in [0.05, 0.1) is 10.5 Å². The first-order valence-electron chi connectivity index (χ1n) is 3.89. The Kier molecular flexibility index (Phi) is 3.64. The summed E-state index contributed by atoms with van der Waals surface area (Å²) in [5, 5.41) is 2.75. The molecule has 12 heavy (non-hydrogen) atoms. The van der Waals surface area contributed by atoms with Gasteiger partial charge in [0.25, 0.3) is 0 Å². The molecule has 4 heteroatoms. The van der Waals surface area contributed by atoms with Crippen LogP contribution in [0.2, 0.25) is 0 Å². The van der Waals surface area contributed by atoms with Crippen LogP contribution in [-0.4, -0.2) is 16.4 Å². The standard InChI is InChI=1S/C8H16N2OS/c1-5(2)6(11)10-8(3,4)7(9)12/h5H,1-4H3,(H2,9,12)(H,10,11). The highest BCUT2D eigenvalue weighted by Crippen LogP contribution is 2.04. The first-order valence-corrected chi connectivity index (χ1v) is 4.30. The Morgan fingerprint density at radius 3 is 2.17 bits per heavy atom. The van der Waals surface area contributed by atoms with Crippen LogP contribution in [0, 0.1) is 5.92 Å². The van der Waals surface area contributed by atoms with Gasteiger partial charge >= 0.3 is 0 Å². The van der Waals surface area contributed by atoms with E-state index in [0.29, 0.717) is 4.99 Å². The SMILES string of the molecule is CC(C)C(=O)NC(C)(C)C(N)=S. The molecule has 0 saturated heterocycles. The molecule has 0 unspecified atom stereocenters. The topological polar surface area (TPSA) is 55.1 Å². The molecule has 1 amide bonds. The monoisotopic (exact) mass is 188 g/mol. The van der Waals surface area contributed by atoms with Crippen LogP contribution in [0.1, 0.15) is 27.7 Å². The molecule has 0 rings (SSSR count). The molecule has 0 radical (unpaired) electrons. The Morgan fingerprint density at radius 2 is 1.92 bits per heavy atom. The third-order valence-electron chi connectivity index (χ3n) is 1.58. The molecule has 0 aliphatic carbocycles. The van der Waals surface area contributed by atoms with Gasteiger partial charge in [-0.1, -0.05) is 26.1 Å². The minimum absolute atomic E-state index is 0.0344. The van der Waals surface area contributed by atoms with Gasteiger partial charge in [0.2, 0.25) is 5.91 Å². The lowest BCUT2D eigenvalue weighted by Gasteiger charge is -2.25. The van der Waals surface area contributed by atoms with Crippen molar-refractivity contribution >= 4 is 23.1 Å². The summed E-state index contributed by atoms with van der Waals surface area (Å²) < 4.78 is 0. The molecule has 0 fully saturated rings. The van der Waals surface area contributed by atoms with Gasteiger partial charge in [-0.05, 0) is 13.8 Å². The highest BCUT2D eigenvalue weighted by Gasteiger charge is 2.24. The van der Waals surface area contributed by atoms with E-state index in [4.69, 9.17) is 18.0 Å². The Labute approximate surface area is 78.7 Å². The van der Waals surface area contributed by atoms with E-state index in [1.807, 2.05) is 13.8 Å². The van der Waals surface area contributed by atoms with Crippen molar-refractivity contribution in [2.24, 2.45) is 11.7 Å². The number of carbonyl (C=O) groups is 1. The number of carbonyl (C=O) groups excluding carboxylic acids is 1. The Morgan fingerprint density at radius 1 is 1.50 bits per heavy atom. The van der Waals surface area contributed by atoms with Crippen LogP contribution in [0.15, 0.2) is 0 Å². The van der Waals surface area contributed by atoms with E-state index in [9.17, 15) is 4.79 Å². The summed E-state index contributed by atoms with van der Waals surface area (Å²) >= 11 is 4.80. The van der Waals surface area contributed by atoms with E-state index in [-0.39, 0.29) is 11.8 Å². The normalized spacial score (nSPS) is 11.4. The number of hydrogen-bond donors (Lipinski definition) is 2. The van der Waals surface area contributed by atoms with Gasteiger partial charge in [0.1, 0.15) is 0 Å². The maximum absolute atomic E-state index is 11.2. The highest BCUT2D eigenvalue weighted by molar-refractivity contribution is 7.80. The van der Waals surface area contributed by atoms with E-state index in [1.54, 1.807) is 13.8 Å². The number of thiocarbonyl (C=S) groups is 1. The van der Waals surface area contributed by atoms with Crippen molar-refractivity contribution in [3.05, 3.63) is 0 Å². The van der Waals surface area contributed by atoms with Gasteiger partial charge in [-0.15, -0.1) is 0 Å². The summed E-state index contributed by atoms with van der Waals surface area (Å²) in [5.41, 5.74) is 4.85. The van der Waals surface area contributed by atoms with Crippen molar-refractivity contribution < 1.29 is 4.79 Å². The minimum atomic E-state index is -0.587. The minimum Gasteiger partial charge on any atom is -0.391 e. The molecule has 0 aromatic rings. The van der Waals surface area contributed by atoms with Gasteiger partial charge in [-0.3, -0.25) is 4.79 Å². The molecule has 70 valence electrons. The second-order valence-electron chi connectivity index (χ2n) is 3.63. The molecule has 0 bridgehead atoms. The van der Waals surface area contributed by atoms with E-state index in [0.717, 1.165) is 0 Å². The summed E-state index contributed by atoms with van der Waals surface area (Å²) in [4.78, 5) is 11.5. The summed E-state index contributed by atoms with van der Waals surface area (Å²) in [6.45, 7) is 7.22.